The Kier molecular flexibility index (Phi) is 7.47. The number of carbonyl (C=O) groups is 2. The Morgan fingerprint density at radius 2 is 1.84 bits per heavy atom. The van der Waals surface area contributed by atoms with Crippen molar-refractivity contribution in [1.29, 1.82) is 0 Å². The Hall–Kier alpha value is -3.00. The molecule has 0 radical (unpaired) electrons. The summed E-state index contributed by atoms with van der Waals surface area (Å²) in [6.45, 7) is 3.71. The van der Waals surface area contributed by atoms with Crippen LogP contribution in [0.4, 0.5) is 5.13 Å². The lowest BCUT2D eigenvalue weighted by molar-refractivity contribution is -0.118. The molecular weight excluding hydrogens is 506 g/mol. The van der Waals surface area contributed by atoms with E-state index in [0.717, 1.165) is 58.7 Å². The van der Waals surface area contributed by atoms with Crippen molar-refractivity contribution < 1.29 is 14.7 Å². The second-order valence-electron chi connectivity index (χ2n) is 9.72. The second-order valence-corrected chi connectivity index (χ2v) is 11.0. The number of aliphatic hydroxyl groups is 1. The molecule has 1 amide bonds. The van der Waals surface area contributed by atoms with Gasteiger partial charge in [-0.3, -0.25) is 19.1 Å². The lowest BCUT2D eigenvalue weighted by Crippen LogP contribution is -2.42. The van der Waals surface area contributed by atoms with Crippen LogP contribution in [0, 0.1) is 13.8 Å². The van der Waals surface area contributed by atoms with Crippen molar-refractivity contribution in [3.05, 3.63) is 80.9 Å². The van der Waals surface area contributed by atoms with Gasteiger partial charge < -0.3 is 5.11 Å². The summed E-state index contributed by atoms with van der Waals surface area (Å²) >= 11 is 7.54. The number of anilines is 1. The Morgan fingerprint density at radius 1 is 1.11 bits per heavy atom. The van der Waals surface area contributed by atoms with E-state index in [4.69, 9.17) is 11.6 Å². The van der Waals surface area contributed by atoms with E-state index in [1.54, 1.807) is 28.8 Å². The van der Waals surface area contributed by atoms with Crippen LogP contribution in [0.3, 0.4) is 0 Å². The number of benzene rings is 2. The highest BCUT2D eigenvalue weighted by molar-refractivity contribution is 7.14. The highest BCUT2D eigenvalue weighted by Crippen LogP contribution is 2.33. The minimum Gasteiger partial charge on any atom is -0.392 e. The standard InChI is InChI=1S/C29H30ClN3O3S/c1-18-17-37-29(31-18)33(23-6-4-3-5-7-23)27(35)15-24-19(2)32(26-13-8-20(16-34)14-25(24)26)28(36)21-9-11-22(30)12-10-21/h8-14,17,23,34H,3-7,15-16H2,1-2H3. The van der Waals surface area contributed by atoms with Crippen molar-refractivity contribution in [2.75, 3.05) is 4.90 Å². The van der Waals surface area contributed by atoms with Gasteiger partial charge in [0.2, 0.25) is 5.91 Å². The molecule has 1 saturated carbocycles. The van der Waals surface area contributed by atoms with Crippen LogP contribution in [-0.2, 0) is 17.8 Å². The Morgan fingerprint density at radius 3 is 2.49 bits per heavy atom. The smallest absolute Gasteiger partial charge is 0.262 e. The summed E-state index contributed by atoms with van der Waals surface area (Å²) in [5.74, 6) is -0.203. The van der Waals surface area contributed by atoms with Crippen LogP contribution in [0.5, 0.6) is 0 Å². The molecule has 2 aromatic carbocycles. The molecule has 1 aliphatic carbocycles. The van der Waals surface area contributed by atoms with Gasteiger partial charge in [0.25, 0.3) is 5.91 Å². The summed E-state index contributed by atoms with van der Waals surface area (Å²) in [6.07, 6.45) is 5.48. The Balaban J connectivity index is 1.58. The number of carbonyl (C=O) groups excluding carboxylic acids is 2. The third kappa shape index (κ3) is 5.08. The van der Waals surface area contributed by atoms with E-state index in [0.29, 0.717) is 16.1 Å². The number of hydrogen-bond donors (Lipinski definition) is 1. The van der Waals surface area contributed by atoms with Crippen molar-refractivity contribution >= 4 is 50.8 Å². The number of halogens is 1. The molecule has 5 rings (SSSR count). The minimum atomic E-state index is -0.186. The summed E-state index contributed by atoms with van der Waals surface area (Å²) in [6, 6.07) is 12.5. The molecule has 2 heterocycles. The molecule has 37 heavy (non-hydrogen) atoms. The number of amides is 1. The van der Waals surface area contributed by atoms with Gasteiger partial charge in [-0.25, -0.2) is 4.98 Å². The van der Waals surface area contributed by atoms with Crippen LogP contribution in [0.15, 0.2) is 47.8 Å². The summed E-state index contributed by atoms with van der Waals surface area (Å²) in [5, 5.41) is 13.9. The number of aromatic nitrogens is 2. The SMILES string of the molecule is Cc1csc(N(C(=O)Cc2c(C)n(C(=O)c3ccc(Cl)cc3)c3ccc(CO)cc23)C2CCCCC2)n1. The van der Waals surface area contributed by atoms with Crippen LogP contribution in [-0.4, -0.2) is 32.5 Å². The molecule has 0 atom stereocenters. The Bertz CT molecular complexity index is 1450. The van der Waals surface area contributed by atoms with Gasteiger partial charge in [-0.15, -0.1) is 11.3 Å². The molecule has 0 spiro atoms. The van der Waals surface area contributed by atoms with Gasteiger partial charge in [0, 0.05) is 33.1 Å². The fourth-order valence-electron chi connectivity index (χ4n) is 5.33. The molecule has 0 saturated heterocycles. The third-order valence-corrected chi connectivity index (χ3v) is 8.44. The number of aryl methyl sites for hydroxylation is 1. The van der Waals surface area contributed by atoms with Crippen molar-refractivity contribution in [2.24, 2.45) is 0 Å². The molecule has 192 valence electrons. The maximum atomic E-state index is 14.0. The second kappa shape index (κ2) is 10.8. The van der Waals surface area contributed by atoms with E-state index in [1.165, 1.54) is 17.8 Å². The lowest BCUT2D eigenvalue weighted by atomic mass is 9.94. The van der Waals surface area contributed by atoms with Crippen molar-refractivity contribution in [1.82, 2.24) is 9.55 Å². The van der Waals surface area contributed by atoms with Gasteiger partial charge in [-0.2, -0.15) is 0 Å². The van der Waals surface area contributed by atoms with Gasteiger partial charge in [-0.05, 0) is 74.2 Å². The zero-order valence-corrected chi connectivity index (χ0v) is 22.6. The number of aliphatic hydroxyl groups excluding tert-OH is 1. The van der Waals surface area contributed by atoms with E-state index in [1.807, 2.05) is 42.3 Å². The van der Waals surface area contributed by atoms with Crippen LogP contribution < -0.4 is 4.90 Å². The summed E-state index contributed by atoms with van der Waals surface area (Å²) in [5.41, 5.74) is 4.38. The quantitative estimate of drug-likeness (QED) is 0.307. The molecule has 6 nitrogen and oxygen atoms in total. The van der Waals surface area contributed by atoms with Crippen LogP contribution in [0.25, 0.3) is 10.9 Å². The first kappa shape index (κ1) is 25.6. The monoisotopic (exact) mass is 535 g/mol. The molecule has 0 aliphatic heterocycles. The van der Waals surface area contributed by atoms with Crippen LogP contribution in [0.2, 0.25) is 5.02 Å². The largest absolute Gasteiger partial charge is 0.392 e. The fourth-order valence-corrected chi connectivity index (χ4v) is 6.35. The number of rotatable bonds is 6. The highest BCUT2D eigenvalue weighted by Gasteiger charge is 2.31. The van der Waals surface area contributed by atoms with Gasteiger partial charge in [0.15, 0.2) is 5.13 Å². The molecular formula is C29H30ClN3O3S. The van der Waals surface area contributed by atoms with Gasteiger partial charge in [-0.1, -0.05) is 36.9 Å². The number of nitrogens with zero attached hydrogens (tertiary/aromatic N) is 3. The Labute approximate surface area is 225 Å². The van der Waals surface area contributed by atoms with Crippen molar-refractivity contribution in [3.63, 3.8) is 0 Å². The first-order chi connectivity index (χ1) is 17.9. The molecule has 2 aromatic heterocycles. The minimum absolute atomic E-state index is 0.0169. The first-order valence-corrected chi connectivity index (χ1v) is 13.9. The zero-order chi connectivity index (χ0) is 26.1. The van der Waals surface area contributed by atoms with E-state index in [-0.39, 0.29) is 30.9 Å². The number of thiazole rings is 1. The third-order valence-electron chi connectivity index (χ3n) is 7.23. The van der Waals surface area contributed by atoms with E-state index in [2.05, 4.69) is 4.98 Å². The van der Waals surface area contributed by atoms with E-state index >= 15 is 0 Å². The molecule has 1 fully saturated rings. The first-order valence-electron chi connectivity index (χ1n) is 12.7. The normalized spacial score (nSPS) is 14.3. The van der Waals surface area contributed by atoms with Gasteiger partial charge in [0.05, 0.1) is 24.2 Å². The maximum absolute atomic E-state index is 14.0. The van der Waals surface area contributed by atoms with Gasteiger partial charge >= 0.3 is 0 Å². The topological polar surface area (TPSA) is 75.4 Å². The zero-order valence-electron chi connectivity index (χ0n) is 21.0. The van der Waals surface area contributed by atoms with E-state index < -0.39 is 0 Å². The predicted molar refractivity (Wildman–Crippen MR) is 149 cm³/mol. The lowest BCUT2D eigenvalue weighted by Gasteiger charge is -2.32. The molecule has 0 bridgehead atoms. The van der Waals surface area contributed by atoms with Crippen LogP contribution >= 0.6 is 22.9 Å². The molecule has 0 unspecified atom stereocenters. The van der Waals surface area contributed by atoms with E-state index in [9.17, 15) is 14.7 Å². The van der Waals surface area contributed by atoms with Crippen LogP contribution in [0.1, 0.15) is 65.0 Å². The average Bonchev–Trinajstić information content (AvgIpc) is 3.45. The average molecular weight is 536 g/mol. The summed E-state index contributed by atoms with van der Waals surface area (Å²) in [4.78, 5) is 34.2. The molecule has 4 aromatic rings. The predicted octanol–water partition coefficient (Wildman–Crippen LogP) is 6.46. The highest BCUT2D eigenvalue weighted by atomic mass is 35.5. The fraction of sp³-hybridized carbons (Fsp3) is 0.345. The maximum Gasteiger partial charge on any atom is 0.262 e. The number of fused-ring (bicyclic) bond motifs is 1. The van der Waals surface area contributed by atoms with Crippen molar-refractivity contribution in [3.8, 4) is 0 Å². The summed E-state index contributed by atoms with van der Waals surface area (Å²) in [7, 11) is 0. The molecule has 8 heteroatoms. The summed E-state index contributed by atoms with van der Waals surface area (Å²) < 4.78 is 1.67. The number of hydrogen-bond acceptors (Lipinski definition) is 5. The molecule has 1 aliphatic rings. The van der Waals surface area contributed by atoms with Gasteiger partial charge in [0.1, 0.15) is 0 Å². The molecule has 1 N–H and O–H groups in total. The van der Waals surface area contributed by atoms with Crippen molar-refractivity contribution in [2.45, 2.75) is 65.0 Å².